The number of alkyl halides is 3. The topological polar surface area (TPSA) is 34.0 Å². The molecule has 2 heterocycles. The monoisotopic (exact) mass is 280 g/mol. The molecule has 0 atom stereocenters. The molecule has 0 amide bonds. The highest BCUT2D eigenvalue weighted by molar-refractivity contribution is 6.30. The van der Waals surface area contributed by atoms with E-state index in [1.807, 2.05) is 0 Å². The van der Waals surface area contributed by atoms with Crippen LogP contribution in [0.2, 0.25) is 5.02 Å². The third kappa shape index (κ3) is 2.70. The zero-order valence-electron chi connectivity index (χ0n) is 9.43. The molecule has 1 aromatic heterocycles. The zero-order valence-corrected chi connectivity index (χ0v) is 10.2. The maximum atomic E-state index is 12.7. The highest BCUT2D eigenvalue weighted by Gasteiger charge is 2.32. The molecule has 1 aliphatic heterocycles. The maximum Gasteiger partial charge on any atom is 0.417 e. The number of aromatic nitrogens is 1. The van der Waals surface area contributed by atoms with E-state index in [1.54, 1.807) is 0 Å². The Kier molecular flexibility index (Phi) is 3.68. The van der Waals surface area contributed by atoms with E-state index in [2.05, 4.69) is 5.32 Å². The standard InChI is InChI=1S/C11H12ClF3N2O/c12-9-5-7(11(13,14)15)6-17(10(9)18)8-1-3-16-4-2-8/h5-6,8,16H,1-4H2. The molecule has 0 aliphatic carbocycles. The van der Waals surface area contributed by atoms with Gasteiger partial charge in [0.2, 0.25) is 0 Å². The van der Waals surface area contributed by atoms with Gasteiger partial charge in [0.1, 0.15) is 5.02 Å². The van der Waals surface area contributed by atoms with Crippen molar-refractivity contribution in [1.82, 2.24) is 9.88 Å². The predicted molar refractivity (Wildman–Crippen MR) is 61.9 cm³/mol. The average Bonchev–Trinajstić information content (AvgIpc) is 2.32. The number of piperidine rings is 1. The molecule has 1 aromatic rings. The summed E-state index contributed by atoms with van der Waals surface area (Å²) >= 11 is 5.60. The minimum absolute atomic E-state index is 0.224. The smallest absolute Gasteiger partial charge is 0.317 e. The van der Waals surface area contributed by atoms with Crippen LogP contribution < -0.4 is 10.9 Å². The number of halogens is 4. The van der Waals surface area contributed by atoms with E-state index in [0.29, 0.717) is 32.0 Å². The molecule has 0 unspecified atom stereocenters. The van der Waals surface area contributed by atoms with Gasteiger partial charge in [-0.25, -0.2) is 0 Å². The molecule has 100 valence electrons. The van der Waals surface area contributed by atoms with Crippen LogP contribution in [0, 0.1) is 0 Å². The summed E-state index contributed by atoms with van der Waals surface area (Å²) in [6.07, 6.45) is -2.38. The summed E-state index contributed by atoms with van der Waals surface area (Å²) in [6, 6.07) is 0.458. The highest BCUT2D eigenvalue weighted by Crippen LogP contribution is 2.31. The summed E-state index contributed by atoms with van der Waals surface area (Å²) in [7, 11) is 0. The van der Waals surface area contributed by atoms with Gasteiger partial charge in [-0.2, -0.15) is 13.2 Å². The summed E-state index contributed by atoms with van der Waals surface area (Å²) in [5.74, 6) is 0. The molecule has 1 saturated heterocycles. The number of nitrogens with one attached hydrogen (secondary N) is 1. The van der Waals surface area contributed by atoms with Crippen LogP contribution in [0.25, 0.3) is 0 Å². The van der Waals surface area contributed by atoms with Gasteiger partial charge < -0.3 is 9.88 Å². The zero-order chi connectivity index (χ0) is 13.3. The van der Waals surface area contributed by atoms with Crippen LogP contribution in [0.3, 0.4) is 0 Å². The molecule has 0 bridgehead atoms. The fourth-order valence-corrected chi connectivity index (χ4v) is 2.29. The lowest BCUT2D eigenvalue weighted by atomic mass is 10.1. The number of nitrogens with zero attached hydrogens (tertiary/aromatic N) is 1. The van der Waals surface area contributed by atoms with Crippen LogP contribution >= 0.6 is 11.6 Å². The molecule has 18 heavy (non-hydrogen) atoms. The molecule has 0 aromatic carbocycles. The molecule has 1 aliphatic rings. The molecule has 0 saturated carbocycles. The van der Waals surface area contributed by atoms with E-state index in [9.17, 15) is 18.0 Å². The SMILES string of the molecule is O=c1c(Cl)cc(C(F)(F)F)cn1C1CCNCC1. The Balaban J connectivity index is 2.45. The van der Waals surface area contributed by atoms with Gasteiger partial charge in [0.05, 0.1) is 5.56 Å². The van der Waals surface area contributed by atoms with Gasteiger partial charge in [0.15, 0.2) is 0 Å². The van der Waals surface area contributed by atoms with Gasteiger partial charge in [-0.1, -0.05) is 11.6 Å². The lowest BCUT2D eigenvalue weighted by Gasteiger charge is -2.25. The lowest BCUT2D eigenvalue weighted by Crippen LogP contribution is -2.34. The quantitative estimate of drug-likeness (QED) is 0.857. The number of hydrogen-bond donors (Lipinski definition) is 1. The van der Waals surface area contributed by atoms with Gasteiger partial charge in [-0.05, 0) is 32.0 Å². The van der Waals surface area contributed by atoms with Crippen molar-refractivity contribution in [3.8, 4) is 0 Å². The van der Waals surface area contributed by atoms with Crippen LogP contribution in [-0.2, 0) is 6.18 Å². The van der Waals surface area contributed by atoms with Crippen LogP contribution in [0.4, 0.5) is 13.2 Å². The number of rotatable bonds is 1. The Hall–Kier alpha value is -1.01. The fraction of sp³-hybridized carbons (Fsp3) is 0.545. The normalized spacial score (nSPS) is 18.0. The van der Waals surface area contributed by atoms with Crippen molar-refractivity contribution in [3.05, 3.63) is 33.2 Å². The summed E-state index contributed by atoms with van der Waals surface area (Å²) in [5.41, 5.74) is -1.44. The summed E-state index contributed by atoms with van der Waals surface area (Å²) in [6.45, 7) is 1.37. The third-order valence-corrected chi connectivity index (χ3v) is 3.30. The fourth-order valence-electron chi connectivity index (χ4n) is 2.08. The first-order chi connectivity index (χ1) is 8.39. The first-order valence-electron chi connectivity index (χ1n) is 5.59. The van der Waals surface area contributed by atoms with E-state index >= 15 is 0 Å². The molecule has 1 N–H and O–H groups in total. The van der Waals surface area contributed by atoms with Gasteiger partial charge in [-0.3, -0.25) is 4.79 Å². The average molecular weight is 281 g/mol. The van der Waals surface area contributed by atoms with Gasteiger partial charge in [-0.15, -0.1) is 0 Å². The van der Waals surface area contributed by atoms with Crippen molar-refractivity contribution < 1.29 is 13.2 Å². The first kappa shape index (κ1) is 13.4. The minimum atomic E-state index is -4.49. The Morgan fingerprint density at radius 1 is 1.33 bits per heavy atom. The third-order valence-electron chi connectivity index (χ3n) is 3.03. The van der Waals surface area contributed by atoms with Crippen molar-refractivity contribution in [3.63, 3.8) is 0 Å². The van der Waals surface area contributed by atoms with E-state index in [0.717, 1.165) is 10.8 Å². The highest BCUT2D eigenvalue weighted by atomic mass is 35.5. The first-order valence-corrected chi connectivity index (χ1v) is 5.97. The number of hydrogen-bond acceptors (Lipinski definition) is 2. The van der Waals surface area contributed by atoms with Gasteiger partial charge in [0.25, 0.3) is 5.56 Å². The second kappa shape index (κ2) is 4.93. The van der Waals surface area contributed by atoms with Crippen molar-refractivity contribution in [2.45, 2.75) is 25.1 Å². The van der Waals surface area contributed by atoms with Crippen LogP contribution in [-0.4, -0.2) is 17.7 Å². The van der Waals surface area contributed by atoms with Crippen LogP contribution in [0.15, 0.2) is 17.1 Å². The van der Waals surface area contributed by atoms with Crippen LogP contribution in [0.5, 0.6) is 0 Å². The lowest BCUT2D eigenvalue weighted by molar-refractivity contribution is -0.138. The van der Waals surface area contributed by atoms with Crippen molar-refractivity contribution in [2.75, 3.05) is 13.1 Å². The van der Waals surface area contributed by atoms with Crippen molar-refractivity contribution >= 4 is 11.6 Å². The Bertz CT molecular complexity index is 492. The molecular formula is C11H12ClF3N2O. The maximum absolute atomic E-state index is 12.7. The second-order valence-electron chi connectivity index (χ2n) is 4.27. The summed E-state index contributed by atoms with van der Waals surface area (Å²) < 4.78 is 39.1. The molecule has 7 heteroatoms. The number of pyridine rings is 1. The summed E-state index contributed by atoms with van der Waals surface area (Å²) in [5, 5.41) is 2.71. The Morgan fingerprint density at radius 3 is 2.50 bits per heavy atom. The predicted octanol–water partition coefficient (Wildman–Crippen LogP) is 2.45. The largest absolute Gasteiger partial charge is 0.417 e. The van der Waals surface area contributed by atoms with E-state index in [1.165, 1.54) is 0 Å². The van der Waals surface area contributed by atoms with E-state index < -0.39 is 17.3 Å². The molecule has 0 spiro atoms. The molecule has 1 fully saturated rings. The van der Waals surface area contributed by atoms with Crippen molar-refractivity contribution in [1.29, 1.82) is 0 Å². The second-order valence-corrected chi connectivity index (χ2v) is 4.68. The van der Waals surface area contributed by atoms with Crippen molar-refractivity contribution in [2.24, 2.45) is 0 Å². The molecule has 0 radical (unpaired) electrons. The molecular weight excluding hydrogens is 269 g/mol. The molecule has 3 nitrogen and oxygen atoms in total. The minimum Gasteiger partial charge on any atom is -0.317 e. The van der Waals surface area contributed by atoms with Gasteiger partial charge in [0, 0.05) is 12.2 Å². The van der Waals surface area contributed by atoms with E-state index in [4.69, 9.17) is 11.6 Å². The van der Waals surface area contributed by atoms with Crippen LogP contribution in [0.1, 0.15) is 24.4 Å². The molecule has 2 rings (SSSR count). The van der Waals surface area contributed by atoms with E-state index in [-0.39, 0.29) is 11.1 Å². The summed E-state index contributed by atoms with van der Waals surface area (Å²) in [4.78, 5) is 11.8. The Labute approximate surface area is 107 Å². The van der Waals surface area contributed by atoms with Gasteiger partial charge >= 0.3 is 6.18 Å². The Morgan fingerprint density at radius 2 is 1.94 bits per heavy atom.